The molecule has 1 atom stereocenters. The molecule has 4 nitrogen and oxygen atoms in total. The molecule has 0 aliphatic heterocycles. The van der Waals surface area contributed by atoms with Crippen molar-refractivity contribution in [3.8, 4) is 6.07 Å². The van der Waals surface area contributed by atoms with Gasteiger partial charge in [0.1, 0.15) is 16.4 Å². The van der Waals surface area contributed by atoms with Crippen LogP contribution in [0.4, 0.5) is 8.78 Å². The van der Waals surface area contributed by atoms with Crippen LogP contribution in [0.2, 0.25) is 5.02 Å². The maximum absolute atomic E-state index is 13.8. The van der Waals surface area contributed by atoms with Crippen LogP contribution in [0.15, 0.2) is 12.1 Å². The van der Waals surface area contributed by atoms with E-state index >= 15 is 0 Å². The van der Waals surface area contributed by atoms with E-state index in [9.17, 15) is 18.8 Å². The van der Waals surface area contributed by atoms with Crippen molar-refractivity contribution in [2.75, 3.05) is 6.61 Å². The van der Waals surface area contributed by atoms with E-state index in [4.69, 9.17) is 16.3 Å². The molecule has 0 aliphatic rings. The molecule has 7 heteroatoms. The highest BCUT2D eigenvalue weighted by atomic mass is 35.5. The van der Waals surface area contributed by atoms with Crippen molar-refractivity contribution in [3.05, 3.63) is 34.4 Å². The SMILES string of the molecule is CC(C)OCC[C@@](C)(C#N)NC(=O)c1ccc(F)c(Cl)c1F. The first kappa shape index (κ1) is 18.3. The van der Waals surface area contributed by atoms with E-state index in [1.807, 2.05) is 19.9 Å². The lowest BCUT2D eigenvalue weighted by Gasteiger charge is -2.24. The lowest BCUT2D eigenvalue weighted by atomic mass is 9.99. The lowest BCUT2D eigenvalue weighted by molar-refractivity contribution is 0.0651. The van der Waals surface area contributed by atoms with Crippen molar-refractivity contribution in [3.63, 3.8) is 0 Å². The highest BCUT2D eigenvalue weighted by molar-refractivity contribution is 6.31. The fourth-order valence-corrected chi connectivity index (χ4v) is 1.83. The predicted octanol–water partition coefficient (Wildman–Crippen LogP) is 3.45. The first-order valence-electron chi connectivity index (χ1n) is 6.69. The summed E-state index contributed by atoms with van der Waals surface area (Å²) in [5, 5.41) is 10.9. The van der Waals surface area contributed by atoms with Crippen molar-refractivity contribution in [2.45, 2.75) is 38.8 Å². The van der Waals surface area contributed by atoms with E-state index in [1.54, 1.807) is 0 Å². The van der Waals surface area contributed by atoms with Crippen LogP contribution in [0.5, 0.6) is 0 Å². The standard InChI is InChI=1S/C15H17ClF2N2O2/c1-9(2)22-7-6-15(3,8-19)20-14(21)10-4-5-11(17)12(16)13(10)18/h4-5,9H,6-7H2,1-3H3,(H,20,21)/t15-/m0/s1. The number of hydrogen-bond donors (Lipinski definition) is 1. The van der Waals surface area contributed by atoms with Gasteiger partial charge in [-0.15, -0.1) is 0 Å². The summed E-state index contributed by atoms with van der Waals surface area (Å²) in [5.41, 5.74) is -1.66. The molecule has 0 spiro atoms. The quantitative estimate of drug-likeness (QED) is 0.813. The summed E-state index contributed by atoms with van der Waals surface area (Å²) in [6.45, 7) is 5.45. The monoisotopic (exact) mass is 330 g/mol. The smallest absolute Gasteiger partial charge is 0.255 e. The molecule has 120 valence electrons. The van der Waals surface area contributed by atoms with Gasteiger partial charge >= 0.3 is 0 Å². The molecule has 0 bridgehead atoms. The highest BCUT2D eigenvalue weighted by Crippen LogP contribution is 2.22. The molecule has 0 saturated carbocycles. The van der Waals surface area contributed by atoms with Gasteiger partial charge in [-0.3, -0.25) is 4.79 Å². The number of halogens is 3. The summed E-state index contributed by atoms with van der Waals surface area (Å²) < 4.78 is 32.2. The Morgan fingerprint density at radius 2 is 2.14 bits per heavy atom. The van der Waals surface area contributed by atoms with Gasteiger partial charge in [-0.25, -0.2) is 8.78 Å². The predicted molar refractivity (Wildman–Crippen MR) is 78.6 cm³/mol. The number of nitriles is 1. The number of rotatable bonds is 6. The third-order valence-corrected chi connectivity index (χ3v) is 3.32. The summed E-state index contributed by atoms with van der Waals surface area (Å²) in [4.78, 5) is 12.1. The largest absolute Gasteiger partial charge is 0.379 e. The van der Waals surface area contributed by atoms with Gasteiger partial charge in [0.05, 0.1) is 24.3 Å². The zero-order valence-corrected chi connectivity index (χ0v) is 13.3. The molecular weight excluding hydrogens is 314 g/mol. The van der Waals surface area contributed by atoms with Crippen LogP contribution >= 0.6 is 11.6 Å². The Labute approximate surface area is 133 Å². The first-order valence-corrected chi connectivity index (χ1v) is 7.07. The maximum atomic E-state index is 13.8. The second-order valence-corrected chi connectivity index (χ2v) is 5.67. The number of hydrogen-bond acceptors (Lipinski definition) is 3. The Morgan fingerprint density at radius 1 is 1.50 bits per heavy atom. The molecule has 1 aromatic carbocycles. The van der Waals surface area contributed by atoms with Crippen LogP contribution in [0.25, 0.3) is 0 Å². The number of amides is 1. The number of benzene rings is 1. The van der Waals surface area contributed by atoms with Gasteiger partial charge < -0.3 is 10.1 Å². The van der Waals surface area contributed by atoms with Gasteiger partial charge in [0.2, 0.25) is 0 Å². The average molecular weight is 331 g/mol. The number of carbonyl (C=O) groups is 1. The van der Waals surface area contributed by atoms with Crippen LogP contribution in [0.3, 0.4) is 0 Å². The molecule has 0 heterocycles. The molecule has 0 radical (unpaired) electrons. The number of carbonyl (C=O) groups excluding carboxylic acids is 1. The molecule has 1 rings (SSSR count). The molecule has 0 unspecified atom stereocenters. The summed E-state index contributed by atoms with van der Waals surface area (Å²) in [6.07, 6.45) is 0.219. The Bertz CT molecular complexity index is 602. The zero-order valence-electron chi connectivity index (χ0n) is 12.5. The normalized spacial score (nSPS) is 13.5. The van der Waals surface area contributed by atoms with Gasteiger partial charge in [0.25, 0.3) is 5.91 Å². The summed E-state index contributed by atoms with van der Waals surface area (Å²) >= 11 is 5.44. The fourth-order valence-electron chi connectivity index (χ4n) is 1.66. The highest BCUT2D eigenvalue weighted by Gasteiger charge is 2.28. The number of nitrogens with zero attached hydrogens (tertiary/aromatic N) is 1. The molecule has 22 heavy (non-hydrogen) atoms. The third kappa shape index (κ3) is 4.65. The molecule has 1 aromatic rings. The van der Waals surface area contributed by atoms with Crippen LogP contribution < -0.4 is 5.32 Å². The summed E-state index contributed by atoms with van der Waals surface area (Å²) in [7, 11) is 0. The average Bonchev–Trinajstić information content (AvgIpc) is 2.44. The molecular formula is C15H17ClF2N2O2. The molecule has 0 aromatic heterocycles. The van der Waals surface area contributed by atoms with Gasteiger partial charge in [-0.05, 0) is 32.9 Å². The van der Waals surface area contributed by atoms with Gasteiger partial charge in [0.15, 0.2) is 5.82 Å². The molecule has 0 fully saturated rings. The summed E-state index contributed by atoms with van der Waals surface area (Å²) in [5.74, 6) is -2.95. The van der Waals surface area contributed by atoms with Crippen LogP contribution in [-0.2, 0) is 4.74 Å². The number of nitrogens with one attached hydrogen (secondary N) is 1. The van der Waals surface area contributed by atoms with Crippen molar-refractivity contribution in [1.82, 2.24) is 5.32 Å². The first-order chi connectivity index (χ1) is 10.2. The Balaban J connectivity index is 2.85. The van der Waals surface area contributed by atoms with E-state index in [1.165, 1.54) is 6.92 Å². The lowest BCUT2D eigenvalue weighted by Crippen LogP contribution is -2.46. The maximum Gasteiger partial charge on any atom is 0.255 e. The fraction of sp³-hybridized carbons (Fsp3) is 0.467. The summed E-state index contributed by atoms with van der Waals surface area (Å²) in [6, 6.07) is 3.83. The van der Waals surface area contributed by atoms with Crippen molar-refractivity contribution in [2.24, 2.45) is 0 Å². The van der Waals surface area contributed by atoms with E-state index < -0.39 is 33.7 Å². The molecule has 1 amide bonds. The van der Waals surface area contributed by atoms with Gasteiger partial charge in [-0.2, -0.15) is 5.26 Å². The Hall–Kier alpha value is -1.71. The van der Waals surface area contributed by atoms with Crippen LogP contribution in [0, 0.1) is 23.0 Å². The van der Waals surface area contributed by atoms with Gasteiger partial charge in [-0.1, -0.05) is 11.6 Å². The Kier molecular flexibility index (Phi) is 6.27. The van der Waals surface area contributed by atoms with E-state index in [0.29, 0.717) is 0 Å². The van der Waals surface area contributed by atoms with Crippen molar-refractivity contribution in [1.29, 1.82) is 5.26 Å². The van der Waals surface area contributed by atoms with Crippen molar-refractivity contribution >= 4 is 17.5 Å². The second kappa shape index (κ2) is 7.52. The minimum Gasteiger partial charge on any atom is -0.379 e. The van der Waals surface area contributed by atoms with Crippen LogP contribution in [0.1, 0.15) is 37.6 Å². The minimum absolute atomic E-state index is 0.00741. The molecule has 0 aliphatic carbocycles. The van der Waals surface area contributed by atoms with Gasteiger partial charge in [0, 0.05) is 6.42 Å². The minimum atomic E-state index is -1.24. The van der Waals surface area contributed by atoms with Crippen molar-refractivity contribution < 1.29 is 18.3 Å². The topological polar surface area (TPSA) is 62.1 Å². The van der Waals surface area contributed by atoms with E-state index in [0.717, 1.165) is 12.1 Å². The Morgan fingerprint density at radius 3 is 2.68 bits per heavy atom. The second-order valence-electron chi connectivity index (χ2n) is 5.29. The van der Waals surface area contributed by atoms with E-state index in [2.05, 4.69) is 5.32 Å². The van der Waals surface area contributed by atoms with Crippen LogP contribution in [-0.4, -0.2) is 24.2 Å². The third-order valence-electron chi connectivity index (χ3n) is 2.97. The molecule has 1 N–H and O–H groups in total. The van der Waals surface area contributed by atoms with E-state index in [-0.39, 0.29) is 19.1 Å². The number of ether oxygens (including phenoxy) is 1. The zero-order chi connectivity index (χ0) is 16.9. The molecule has 0 saturated heterocycles.